The van der Waals surface area contributed by atoms with E-state index in [0.717, 1.165) is 0 Å². The molecule has 2 aromatic heterocycles. The third kappa shape index (κ3) is 31.5. The van der Waals surface area contributed by atoms with Gasteiger partial charge in [-0.05, 0) is 296 Å². The molecule has 0 radical (unpaired) electrons. The maximum Gasteiger partial charge on any atom is 0.0776 e. The minimum atomic E-state index is -1.20. The zero-order valence-electron chi connectivity index (χ0n) is 73.8. The van der Waals surface area contributed by atoms with Gasteiger partial charge in [-0.15, -0.1) is 22.7 Å². The summed E-state index contributed by atoms with van der Waals surface area (Å²) in [5, 5.41) is 8.76. The van der Waals surface area contributed by atoms with Crippen LogP contribution in [0.4, 0.5) is 0 Å². The molecular weight excluding hydrogens is 1370 g/mol. The monoisotopic (exact) mass is 1540 g/mol. The van der Waals surface area contributed by atoms with Crippen LogP contribution in [0.5, 0.6) is 0 Å². The third-order valence-electron chi connectivity index (χ3n) is 21.2. The van der Waals surface area contributed by atoms with E-state index in [4.69, 9.17) is 0 Å². The molecule has 109 heavy (non-hydrogen) atoms. The van der Waals surface area contributed by atoms with Crippen LogP contribution in [0.25, 0.3) is 20.2 Å². The Morgan fingerprint density at radius 3 is 1.04 bits per heavy atom. The van der Waals surface area contributed by atoms with Crippen LogP contribution in [0.15, 0.2) is 120 Å². The molecule has 0 aliphatic carbocycles. The predicted molar refractivity (Wildman–Crippen MR) is 520 cm³/mol. The predicted octanol–water partition coefficient (Wildman–Crippen LogP) is 35.4. The summed E-state index contributed by atoms with van der Waals surface area (Å²) in [7, 11) is -1.20. The molecule has 0 N–H and O–H groups in total. The van der Waals surface area contributed by atoms with Gasteiger partial charge < -0.3 is 0 Å². The topological polar surface area (TPSA) is 0 Å². The highest BCUT2D eigenvalue weighted by atomic mass is 32.1. The van der Waals surface area contributed by atoms with Crippen molar-refractivity contribution in [2.24, 2.45) is 0 Å². The normalized spacial score (nSPS) is 11.7. The van der Waals surface area contributed by atoms with Gasteiger partial charge >= 0.3 is 0 Å². The summed E-state index contributed by atoms with van der Waals surface area (Å²) in [5.74, 6) is 0. The molecule has 9 aromatic rings. The standard InChI is InChI=1S/C18H30.C16H26.C15H26Si.2C13H16S.C13H20.C11H16.7CH4/c1-9-18(8,10-2)15-11-13(3)14(4)16(12-15)17(5,6)7;1-11-9-13(15(3,4)5)10-14(12(11)2)16(6,7)8;1-11-9-13(16(6,7)8)10-14(12(11)2)15(3,4)5;1-9-5-6-11-10(7-8-14-11)12(9)13(2,3)4;1-9-5-6-10-7-8-14-12(10)11(9)13(2,3)4;1-9-7-10(2)11(3)12(8-9)13(4,5)6;1-9-7-5-6-8-10(9)11(2,3)4;;;;;;;/h11-12H,9-10H2,1-8H3;2*9-10H,1-8H3;2*5-8H,1-4H3;7-8H,1-6H3;5-8H,1-4H3;7*1H4. The Bertz CT molecular complexity index is 4020. The second kappa shape index (κ2) is 43.2. The quantitative estimate of drug-likeness (QED) is 0.154. The van der Waals surface area contributed by atoms with Crippen LogP contribution in [0.1, 0.15) is 369 Å². The van der Waals surface area contributed by atoms with Gasteiger partial charge in [-0.3, -0.25) is 0 Å². The van der Waals surface area contributed by atoms with Crippen LogP contribution in [-0.4, -0.2) is 8.07 Å². The second-order valence-corrected chi connectivity index (χ2v) is 46.6. The van der Waals surface area contributed by atoms with E-state index in [2.05, 4.69) is 410 Å². The SMILES string of the molecule is C.C.C.C.C.C.C.CCC(C)(CC)c1cc(C)c(C)c(C(C)(C)C)c1.Cc1cc(C(C)(C)C)cc(C(C)(C)C)c1C.Cc1cc(C)c(C)c(C(C)(C)C)c1.Cc1cc([Si](C)(C)C)cc(C(C)(C)C)c1C.Cc1ccc2ccsc2c1C(C)(C)C.Cc1ccc2sccc2c1C(C)(C)C.Cc1ccccc1C(C)(C)C. The van der Waals surface area contributed by atoms with Gasteiger partial charge in [0.2, 0.25) is 0 Å². The largest absolute Gasteiger partial charge is 0.144 e. The van der Waals surface area contributed by atoms with Crippen molar-refractivity contribution >= 4 is 56.1 Å². The van der Waals surface area contributed by atoms with E-state index in [1.54, 1.807) is 5.19 Å². The second-order valence-electron chi connectivity index (χ2n) is 39.7. The molecule has 0 unspecified atom stereocenters. The molecule has 0 fully saturated rings. The molecule has 0 nitrogen and oxygen atoms in total. The van der Waals surface area contributed by atoms with Crippen molar-refractivity contribution in [3.05, 3.63) is 237 Å². The molecule has 0 amide bonds. The molecule has 0 saturated heterocycles. The number of aryl methyl sites for hydroxylation is 8. The van der Waals surface area contributed by atoms with E-state index in [1.165, 1.54) is 150 Å². The lowest BCUT2D eigenvalue weighted by molar-refractivity contribution is 0.436. The number of fused-ring (bicyclic) bond motifs is 2. The Labute approximate surface area is 691 Å². The zero-order chi connectivity index (χ0) is 79.0. The van der Waals surface area contributed by atoms with Crippen molar-refractivity contribution in [1.29, 1.82) is 0 Å². The zero-order valence-corrected chi connectivity index (χ0v) is 76.4. The van der Waals surface area contributed by atoms with Crippen molar-refractivity contribution in [3.8, 4) is 0 Å². The van der Waals surface area contributed by atoms with Gasteiger partial charge in [0.15, 0.2) is 0 Å². The van der Waals surface area contributed by atoms with Crippen molar-refractivity contribution < 1.29 is 0 Å². The Balaban J connectivity index is -0.000000383. The molecule has 0 bridgehead atoms. The maximum absolute atomic E-state index is 2.45. The summed E-state index contributed by atoms with van der Waals surface area (Å²) in [6.45, 7) is 95.7. The van der Waals surface area contributed by atoms with Crippen LogP contribution in [0.2, 0.25) is 19.6 Å². The van der Waals surface area contributed by atoms with Crippen molar-refractivity contribution in [3.63, 3.8) is 0 Å². The summed E-state index contributed by atoms with van der Waals surface area (Å²) in [6, 6.07) is 40.9. The van der Waals surface area contributed by atoms with Crippen LogP contribution in [0.3, 0.4) is 0 Å². The van der Waals surface area contributed by atoms with Crippen molar-refractivity contribution in [1.82, 2.24) is 0 Å². The molecular formula is C106H178S2Si. The number of benzene rings is 7. The summed E-state index contributed by atoms with van der Waals surface area (Å²) in [4.78, 5) is 0. The molecule has 618 valence electrons. The fraction of sp³-hybridized carbons (Fsp3) is 0.566. The van der Waals surface area contributed by atoms with Gasteiger partial charge in [0.1, 0.15) is 0 Å². The Morgan fingerprint density at radius 2 is 0.651 bits per heavy atom. The number of thiophene rings is 2. The van der Waals surface area contributed by atoms with Gasteiger partial charge in [0.05, 0.1) is 8.07 Å². The van der Waals surface area contributed by atoms with E-state index in [-0.39, 0.29) is 95.3 Å². The Morgan fingerprint density at radius 1 is 0.294 bits per heavy atom. The summed E-state index contributed by atoms with van der Waals surface area (Å²) >= 11 is 3.68. The maximum atomic E-state index is 2.45. The highest BCUT2D eigenvalue weighted by Crippen LogP contribution is 2.40. The van der Waals surface area contributed by atoms with Gasteiger partial charge in [0.25, 0.3) is 0 Å². The average Bonchev–Trinajstić information content (AvgIpc) is 1.70. The van der Waals surface area contributed by atoms with Crippen LogP contribution in [-0.2, 0) is 48.7 Å². The molecule has 0 spiro atoms. The van der Waals surface area contributed by atoms with Crippen LogP contribution in [0, 0.1) is 83.1 Å². The fourth-order valence-corrected chi connectivity index (χ4v) is 17.5. The van der Waals surface area contributed by atoms with E-state index in [9.17, 15) is 0 Å². The molecule has 0 aliphatic heterocycles. The van der Waals surface area contributed by atoms with Crippen molar-refractivity contribution in [2.45, 2.75) is 403 Å². The van der Waals surface area contributed by atoms with E-state index < -0.39 is 8.07 Å². The smallest absolute Gasteiger partial charge is 0.0776 e. The van der Waals surface area contributed by atoms with Crippen LogP contribution >= 0.6 is 22.7 Å². The van der Waals surface area contributed by atoms with E-state index in [1.807, 2.05) is 22.7 Å². The highest BCUT2D eigenvalue weighted by molar-refractivity contribution is 7.17. The first kappa shape index (κ1) is 112. The Kier molecular flexibility index (Phi) is 44.5. The minimum Gasteiger partial charge on any atom is -0.144 e. The Hall–Kier alpha value is -5.32. The van der Waals surface area contributed by atoms with E-state index >= 15 is 0 Å². The lowest BCUT2D eigenvalue weighted by atomic mass is 9.73. The van der Waals surface area contributed by atoms with Crippen molar-refractivity contribution in [2.75, 3.05) is 0 Å². The third-order valence-corrected chi connectivity index (χ3v) is 25.0. The lowest BCUT2D eigenvalue weighted by Gasteiger charge is -2.31. The molecule has 0 atom stereocenters. The van der Waals surface area contributed by atoms with Gasteiger partial charge in [-0.25, -0.2) is 0 Å². The molecule has 9 rings (SSSR count). The molecule has 3 heteroatoms. The number of hydrogen-bond acceptors (Lipinski definition) is 2. The first-order chi connectivity index (χ1) is 46.1. The lowest BCUT2D eigenvalue weighted by Crippen LogP contribution is -2.39. The van der Waals surface area contributed by atoms with E-state index in [0.29, 0.717) is 5.41 Å². The summed E-state index contributed by atoms with van der Waals surface area (Å²) in [6.07, 6.45) is 2.41. The van der Waals surface area contributed by atoms with Gasteiger partial charge in [-0.2, -0.15) is 0 Å². The number of hydrogen-bond donors (Lipinski definition) is 0. The summed E-state index contributed by atoms with van der Waals surface area (Å²) in [5.41, 5.74) is 32.8. The summed E-state index contributed by atoms with van der Waals surface area (Å²) < 4.78 is 2.86. The fourth-order valence-electron chi connectivity index (χ4n) is 14.2. The average molecular weight is 1540 g/mol. The first-order valence-electron chi connectivity index (χ1n) is 38.5. The molecule has 0 aliphatic rings. The van der Waals surface area contributed by atoms with Crippen LogP contribution < -0.4 is 5.19 Å². The number of rotatable bonds is 4. The van der Waals surface area contributed by atoms with Gasteiger partial charge in [-0.1, -0.05) is 360 Å². The highest BCUT2D eigenvalue weighted by Gasteiger charge is 2.29. The molecule has 0 saturated carbocycles. The molecule has 2 heterocycles. The minimum absolute atomic E-state index is 0. The van der Waals surface area contributed by atoms with Gasteiger partial charge in [0, 0.05) is 9.40 Å². The molecule has 7 aromatic carbocycles. The first-order valence-corrected chi connectivity index (χ1v) is 43.8.